The summed E-state index contributed by atoms with van der Waals surface area (Å²) in [6.45, 7) is 1.23. The Morgan fingerprint density at radius 1 is 0.836 bits per heavy atom. The first-order chi connectivity index (χ1) is 29.3. The molecular weight excluding hydrogens is 802 g/mol. The van der Waals surface area contributed by atoms with Crippen molar-refractivity contribution in [2.75, 3.05) is 25.6 Å². The third-order valence-corrected chi connectivity index (χ3v) is 9.37. The van der Waals surface area contributed by atoms with Crippen LogP contribution in [-0.4, -0.2) is 85.9 Å². The molecule has 61 heavy (non-hydrogen) atoms. The van der Waals surface area contributed by atoms with E-state index in [0.717, 1.165) is 55.3 Å². The third kappa shape index (κ3) is 10.9. The second-order valence-electron chi connectivity index (χ2n) is 13.5. The summed E-state index contributed by atoms with van der Waals surface area (Å²) in [5.41, 5.74) is 4.07. The van der Waals surface area contributed by atoms with Gasteiger partial charge in [0.1, 0.15) is 37.4 Å². The van der Waals surface area contributed by atoms with Gasteiger partial charge in [-0.25, -0.2) is 14.4 Å². The van der Waals surface area contributed by atoms with Crippen LogP contribution in [0.15, 0.2) is 91.0 Å². The number of nitro groups is 1. The molecule has 19 heteroatoms. The molecule has 4 aromatic carbocycles. The van der Waals surface area contributed by atoms with Gasteiger partial charge in [-0.3, -0.25) is 24.5 Å². The standard InChI is InChI=1S/C42H39N3O16/c1-23(46)57-35-19-36(39(49)54-3)61-40(38(35)58-24(2)47)60-34-17-12-25(21-56-42(51)59-27-15-13-26(14-16-27)45(52)53)18-33(34)44-37(48)20-43-41(50)55-22-32-30-10-6-4-8-28(30)29-9-5-7-11-31(29)32/h4-18,32,35-36,38,40H,19-22H2,1-3H3,(H,43,50)(H,44,48)/t35-,36-,38+,40+/m0/s1. The van der Waals surface area contributed by atoms with E-state index in [1.54, 1.807) is 0 Å². The summed E-state index contributed by atoms with van der Waals surface area (Å²) in [4.78, 5) is 85.8. The minimum atomic E-state index is -1.61. The molecule has 0 unspecified atom stereocenters. The molecule has 1 aliphatic heterocycles. The lowest BCUT2D eigenvalue weighted by molar-refractivity contribution is -0.384. The number of ether oxygens (including phenoxy) is 8. The first-order valence-electron chi connectivity index (χ1n) is 18.6. The highest BCUT2D eigenvalue weighted by Crippen LogP contribution is 2.44. The van der Waals surface area contributed by atoms with Gasteiger partial charge >= 0.3 is 30.2 Å². The molecule has 0 aromatic heterocycles. The van der Waals surface area contributed by atoms with Crippen molar-refractivity contribution in [3.63, 3.8) is 0 Å². The van der Waals surface area contributed by atoms with Crippen LogP contribution in [0.3, 0.4) is 0 Å². The van der Waals surface area contributed by atoms with Gasteiger partial charge in [0.15, 0.2) is 6.10 Å². The molecule has 1 saturated heterocycles. The number of nitrogens with zero attached hydrogens (tertiary/aromatic N) is 1. The van der Waals surface area contributed by atoms with Crippen molar-refractivity contribution in [3.05, 3.63) is 118 Å². The number of nitrogens with one attached hydrogen (secondary N) is 2. The van der Waals surface area contributed by atoms with Crippen molar-refractivity contribution in [3.8, 4) is 22.6 Å². The molecule has 2 N–H and O–H groups in total. The molecule has 0 radical (unpaired) electrons. The van der Waals surface area contributed by atoms with Crippen molar-refractivity contribution in [2.45, 2.75) is 57.4 Å². The maximum Gasteiger partial charge on any atom is 0.514 e. The molecule has 19 nitrogen and oxygen atoms in total. The average molecular weight is 842 g/mol. The van der Waals surface area contributed by atoms with E-state index in [2.05, 4.69) is 10.6 Å². The van der Waals surface area contributed by atoms with Crippen LogP contribution in [0.2, 0.25) is 0 Å². The van der Waals surface area contributed by atoms with Gasteiger partial charge in [0.05, 0.1) is 17.7 Å². The molecule has 2 aliphatic rings. The van der Waals surface area contributed by atoms with E-state index in [0.29, 0.717) is 0 Å². The highest BCUT2D eigenvalue weighted by atomic mass is 16.7. The number of rotatable bonds is 14. The van der Waals surface area contributed by atoms with Crippen molar-refractivity contribution in [1.29, 1.82) is 0 Å². The molecule has 1 heterocycles. The third-order valence-electron chi connectivity index (χ3n) is 9.37. The van der Waals surface area contributed by atoms with Crippen molar-refractivity contribution in [1.82, 2.24) is 5.32 Å². The number of carbonyl (C=O) groups excluding carboxylic acids is 6. The largest absolute Gasteiger partial charge is 0.514 e. The average Bonchev–Trinajstić information content (AvgIpc) is 3.56. The summed E-state index contributed by atoms with van der Waals surface area (Å²) in [6.07, 6.45) is -7.85. The second-order valence-corrected chi connectivity index (χ2v) is 13.5. The Bertz CT molecular complexity index is 2270. The van der Waals surface area contributed by atoms with Gasteiger partial charge in [-0.15, -0.1) is 0 Å². The van der Waals surface area contributed by atoms with Crippen molar-refractivity contribution in [2.24, 2.45) is 0 Å². The first-order valence-corrected chi connectivity index (χ1v) is 18.6. The number of alkyl carbamates (subject to hydrolysis) is 1. The molecule has 1 aliphatic carbocycles. The summed E-state index contributed by atoms with van der Waals surface area (Å²) in [6, 6.07) is 24.4. The van der Waals surface area contributed by atoms with Crippen LogP contribution in [0, 0.1) is 10.1 Å². The molecule has 6 rings (SSSR count). The number of hydrogen-bond donors (Lipinski definition) is 2. The maximum atomic E-state index is 13.4. The second kappa shape index (κ2) is 19.5. The Labute approximate surface area is 347 Å². The topological polar surface area (TPSA) is 243 Å². The number of non-ortho nitro benzene ring substituents is 1. The number of benzene rings is 4. The zero-order chi connectivity index (χ0) is 43.6. The fourth-order valence-corrected chi connectivity index (χ4v) is 6.74. The molecule has 4 atom stereocenters. The fraction of sp³-hybridized carbons (Fsp3) is 0.286. The molecule has 4 aromatic rings. The number of carbonyl (C=O) groups is 6. The van der Waals surface area contributed by atoms with Gasteiger partial charge in [-0.2, -0.15) is 0 Å². The number of amides is 2. The van der Waals surface area contributed by atoms with Gasteiger partial charge in [-0.1, -0.05) is 54.6 Å². The number of esters is 3. The lowest BCUT2D eigenvalue weighted by Crippen LogP contribution is -2.55. The van der Waals surface area contributed by atoms with Gasteiger partial charge < -0.3 is 48.5 Å². The van der Waals surface area contributed by atoms with E-state index in [1.807, 2.05) is 48.5 Å². The zero-order valence-electron chi connectivity index (χ0n) is 32.9. The van der Waals surface area contributed by atoms with Crippen LogP contribution < -0.4 is 20.1 Å². The molecule has 0 bridgehead atoms. The normalized spacial score (nSPS) is 17.6. The number of nitro benzene ring substituents is 1. The Morgan fingerprint density at radius 3 is 2.11 bits per heavy atom. The van der Waals surface area contributed by atoms with E-state index in [-0.39, 0.29) is 47.4 Å². The molecular formula is C42H39N3O16. The van der Waals surface area contributed by atoms with Crippen LogP contribution in [0.4, 0.5) is 21.0 Å². The Hall–Kier alpha value is -7.54. The Morgan fingerprint density at radius 2 is 1.49 bits per heavy atom. The maximum absolute atomic E-state index is 13.4. The Balaban J connectivity index is 1.17. The van der Waals surface area contributed by atoms with E-state index in [9.17, 15) is 38.9 Å². The summed E-state index contributed by atoms with van der Waals surface area (Å²) >= 11 is 0. The summed E-state index contributed by atoms with van der Waals surface area (Å²) in [5.74, 6) is -3.52. The number of anilines is 1. The minimum absolute atomic E-state index is 0.0000654. The molecule has 2 amide bonds. The van der Waals surface area contributed by atoms with Crippen LogP contribution in [0.1, 0.15) is 42.9 Å². The van der Waals surface area contributed by atoms with E-state index in [1.165, 1.54) is 30.3 Å². The van der Waals surface area contributed by atoms with Gasteiger partial charge in [0.25, 0.3) is 5.69 Å². The van der Waals surface area contributed by atoms with E-state index in [4.69, 9.17) is 37.9 Å². The van der Waals surface area contributed by atoms with Crippen LogP contribution in [0.25, 0.3) is 11.1 Å². The Kier molecular flexibility index (Phi) is 13.7. The quantitative estimate of drug-likeness (QED) is 0.0537. The van der Waals surface area contributed by atoms with E-state index < -0.39 is 78.7 Å². The fourth-order valence-electron chi connectivity index (χ4n) is 6.74. The highest BCUT2D eigenvalue weighted by molar-refractivity contribution is 5.95. The van der Waals surface area contributed by atoms with Crippen LogP contribution >= 0.6 is 0 Å². The lowest BCUT2D eigenvalue weighted by Gasteiger charge is -2.39. The van der Waals surface area contributed by atoms with Crippen LogP contribution in [0.5, 0.6) is 11.5 Å². The van der Waals surface area contributed by atoms with Crippen LogP contribution in [-0.2, 0) is 54.2 Å². The first kappa shape index (κ1) is 43.0. The molecule has 0 spiro atoms. The highest BCUT2D eigenvalue weighted by Gasteiger charge is 2.47. The minimum Gasteiger partial charge on any atom is -0.467 e. The van der Waals surface area contributed by atoms with E-state index >= 15 is 0 Å². The van der Waals surface area contributed by atoms with Crippen molar-refractivity contribution < 1.29 is 71.6 Å². The predicted octanol–water partition coefficient (Wildman–Crippen LogP) is 5.32. The molecule has 318 valence electrons. The monoisotopic (exact) mass is 841 g/mol. The van der Waals surface area contributed by atoms with Gasteiger partial charge in [0.2, 0.25) is 18.3 Å². The van der Waals surface area contributed by atoms with Gasteiger partial charge in [0, 0.05) is 38.3 Å². The summed E-state index contributed by atoms with van der Waals surface area (Å²) < 4.78 is 43.4. The summed E-state index contributed by atoms with van der Waals surface area (Å²) in [7, 11) is 1.12. The van der Waals surface area contributed by atoms with Crippen molar-refractivity contribution >= 4 is 47.4 Å². The number of methoxy groups -OCH3 is 1. The lowest BCUT2D eigenvalue weighted by atomic mass is 9.98. The summed E-state index contributed by atoms with van der Waals surface area (Å²) in [5, 5.41) is 16.0. The molecule has 1 fully saturated rings. The SMILES string of the molecule is COC(=O)[C@@H]1C[C@H](OC(C)=O)[C@@H](OC(C)=O)[C@H](Oc2ccc(COC(=O)Oc3ccc([N+](=O)[O-])cc3)cc2NC(=O)CNC(=O)OCC2c3ccccc3-c3ccccc32)O1. The smallest absolute Gasteiger partial charge is 0.467 e. The zero-order valence-corrected chi connectivity index (χ0v) is 32.9. The number of fused-ring (bicyclic) bond motifs is 3. The predicted molar refractivity (Wildman–Crippen MR) is 209 cm³/mol. The molecule has 0 saturated carbocycles. The van der Waals surface area contributed by atoms with Gasteiger partial charge in [-0.05, 0) is 52.1 Å². The number of hydrogen-bond acceptors (Lipinski definition) is 16.